The van der Waals surface area contributed by atoms with Crippen molar-refractivity contribution < 1.29 is 4.79 Å². The number of nitrogens with one attached hydrogen (secondary N) is 2. The van der Waals surface area contributed by atoms with Crippen LogP contribution < -0.4 is 22.1 Å². The molecule has 25 heavy (non-hydrogen) atoms. The maximum absolute atomic E-state index is 12.3. The monoisotopic (exact) mass is 332 g/mol. The van der Waals surface area contributed by atoms with Gasteiger partial charge in [0.25, 0.3) is 5.91 Å². The average molecular weight is 332 g/mol. The number of rotatable bonds is 4. The number of hydrogen-bond acceptors (Lipinski definition) is 4. The molecule has 0 spiro atoms. The summed E-state index contributed by atoms with van der Waals surface area (Å²) in [5.74, 6) is -0.124. The Bertz CT molecular complexity index is 904. The van der Waals surface area contributed by atoms with E-state index in [-0.39, 0.29) is 5.91 Å². The molecule has 0 fully saturated rings. The predicted molar refractivity (Wildman–Crippen MR) is 104 cm³/mol. The molecule has 5 heteroatoms. The van der Waals surface area contributed by atoms with Crippen LogP contribution in [0.15, 0.2) is 66.7 Å². The van der Waals surface area contributed by atoms with E-state index >= 15 is 0 Å². The fourth-order valence-electron chi connectivity index (χ4n) is 2.51. The van der Waals surface area contributed by atoms with Crippen LogP contribution in [0.3, 0.4) is 0 Å². The first-order valence-corrected chi connectivity index (χ1v) is 7.92. The number of nitrogens with two attached hydrogens (primary N) is 2. The highest BCUT2D eigenvalue weighted by molar-refractivity contribution is 6.05. The first-order chi connectivity index (χ1) is 12.0. The zero-order valence-electron chi connectivity index (χ0n) is 13.9. The molecule has 0 aliphatic rings. The number of carbonyl (C=O) groups is 1. The van der Waals surface area contributed by atoms with E-state index in [0.29, 0.717) is 16.9 Å². The van der Waals surface area contributed by atoms with Crippen molar-refractivity contribution in [2.24, 2.45) is 0 Å². The van der Waals surface area contributed by atoms with Crippen LogP contribution in [-0.2, 0) is 0 Å². The van der Waals surface area contributed by atoms with Gasteiger partial charge in [0.15, 0.2) is 0 Å². The van der Waals surface area contributed by atoms with Crippen molar-refractivity contribution in [2.75, 3.05) is 22.1 Å². The predicted octanol–water partition coefficient (Wildman–Crippen LogP) is 4.16. The Hall–Kier alpha value is -3.47. The van der Waals surface area contributed by atoms with Crippen LogP contribution in [0.25, 0.3) is 0 Å². The van der Waals surface area contributed by atoms with E-state index in [1.165, 1.54) is 0 Å². The lowest BCUT2D eigenvalue weighted by Gasteiger charge is -2.11. The Balaban J connectivity index is 1.70. The van der Waals surface area contributed by atoms with Crippen LogP contribution >= 0.6 is 0 Å². The van der Waals surface area contributed by atoms with Crippen LogP contribution in [0.4, 0.5) is 28.4 Å². The van der Waals surface area contributed by atoms with Gasteiger partial charge in [-0.15, -0.1) is 0 Å². The van der Waals surface area contributed by atoms with Crippen molar-refractivity contribution in [3.05, 3.63) is 77.9 Å². The van der Waals surface area contributed by atoms with Gasteiger partial charge in [-0.25, -0.2) is 0 Å². The maximum atomic E-state index is 12.3. The summed E-state index contributed by atoms with van der Waals surface area (Å²) in [5, 5.41) is 6.13. The van der Waals surface area contributed by atoms with Gasteiger partial charge in [-0.1, -0.05) is 18.2 Å². The Morgan fingerprint density at radius 1 is 0.880 bits per heavy atom. The standard InChI is InChI=1S/C20H20N4O/c1-13-4-2-3-5-17(13)20(25)24-16-9-7-15(8-10-16)23-19-11-6-14(21)12-18(19)22/h2-12,23H,21-22H2,1H3,(H,24,25). The number of nitrogen functional groups attached to an aromatic ring is 2. The normalized spacial score (nSPS) is 10.3. The highest BCUT2D eigenvalue weighted by atomic mass is 16.1. The number of anilines is 5. The number of aryl methyl sites for hydroxylation is 1. The maximum Gasteiger partial charge on any atom is 0.255 e. The summed E-state index contributed by atoms with van der Waals surface area (Å²) in [5.41, 5.74) is 16.8. The van der Waals surface area contributed by atoms with E-state index < -0.39 is 0 Å². The van der Waals surface area contributed by atoms with Crippen molar-refractivity contribution in [3.8, 4) is 0 Å². The largest absolute Gasteiger partial charge is 0.399 e. The fourth-order valence-corrected chi connectivity index (χ4v) is 2.51. The molecule has 0 bridgehead atoms. The first-order valence-electron chi connectivity index (χ1n) is 7.92. The molecule has 0 aliphatic heterocycles. The van der Waals surface area contributed by atoms with E-state index in [1.807, 2.05) is 61.5 Å². The molecular weight excluding hydrogens is 312 g/mol. The van der Waals surface area contributed by atoms with E-state index in [0.717, 1.165) is 22.6 Å². The topological polar surface area (TPSA) is 93.2 Å². The van der Waals surface area contributed by atoms with Crippen LogP contribution in [0, 0.1) is 6.92 Å². The summed E-state index contributed by atoms with van der Waals surface area (Å²) in [4.78, 5) is 12.3. The molecule has 126 valence electrons. The van der Waals surface area contributed by atoms with Gasteiger partial charge in [-0.3, -0.25) is 4.79 Å². The molecule has 0 radical (unpaired) electrons. The minimum absolute atomic E-state index is 0.124. The highest BCUT2D eigenvalue weighted by Gasteiger charge is 2.08. The number of amides is 1. The molecule has 3 aromatic rings. The molecule has 0 aliphatic carbocycles. The van der Waals surface area contributed by atoms with Crippen molar-refractivity contribution in [1.82, 2.24) is 0 Å². The van der Waals surface area contributed by atoms with Gasteiger partial charge in [-0.05, 0) is 61.0 Å². The Morgan fingerprint density at radius 3 is 2.24 bits per heavy atom. The summed E-state index contributed by atoms with van der Waals surface area (Å²) in [7, 11) is 0. The zero-order chi connectivity index (χ0) is 17.8. The van der Waals surface area contributed by atoms with Crippen molar-refractivity contribution >= 4 is 34.3 Å². The lowest BCUT2D eigenvalue weighted by atomic mass is 10.1. The number of carbonyl (C=O) groups excluding carboxylic acids is 1. The Labute approximate surface area is 146 Å². The van der Waals surface area contributed by atoms with Crippen LogP contribution in [0.2, 0.25) is 0 Å². The number of benzene rings is 3. The van der Waals surface area contributed by atoms with Crippen molar-refractivity contribution in [2.45, 2.75) is 6.92 Å². The zero-order valence-corrected chi connectivity index (χ0v) is 13.9. The quantitative estimate of drug-likeness (QED) is 0.540. The van der Waals surface area contributed by atoms with Gasteiger partial charge in [0.05, 0.1) is 11.4 Å². The average Bonchev–Trinajstić information content (AvgIpc) is 2.59. The lowest BCUT2D eigenvalue weighted by molar-refractivity contribution is 0.102. The number of hydrogen-bond donors (Lipinski definition) is 4. The van der Waals surface area contributed by atoms with Gasteiger partial charge in [0, 0.05) is 22.6 Å². The molecule has 0 saturated heterocycles. The molecule has 6 N–H and O–H groups in total. The molecule has 0 atom stereocenters. The van der Waals surface area contributed by atoms with Gasteiger partial charge in [0.2, 0.25) is 0 Å². The second-order valence-corrected chi connectivity index (χ2v) is 5.82. The highest BCUT2D eigenvalue weighted by Crippen LogP contribution is 2.26. The molecule has 1 amide bonds. The van der Waals surface area contributed by atoms with E-state index in [4.69, 9.17) is 11.5 Å². The summed E-state index contributed by atoms with van der Waals surface area (Å²) in [6, 6.07) is 20.3. The Kier molecular flexibility index (Phi) is 4.57. The molecule has 0 heterocycles. The molecule has 0 unspecified atom stereocenters. The van der Waals surface area contributed by atoms with Crippen molar-refractivity contribution in [1.29, 1.82) is 0 Å². The third kappa shape index (κ3) is 3.90. The van der Waals surface area contributed by atoms with E-state index in [1.54, 1.807) is 12.1 Å². The molecule has 0 aromatic heterocycles. The van der Waals surface area contributed by atoms with Crippen LogP contribution in [0.5, 0.6) is 0 Å². The van der Waals surface area contributed by atoms with Crippen molar-refractivity contribution in [3.63, 3.8) is 0 Å². The molecule has 3 rings (SSSR count). The molecule has 0 saturated carbocycles. The van der Waals surface area contributed by atoms with E-state index in [2.05, 4.69) is 10.6 Å². The van der Waals surface area contributed by atoms with Crippen LogP contribution in [0.1, 0.15) is 15.9 Å². The molecular formula is C20H20N4O. The van der Waals surface area contributed by atoms with Crippen LogP contribution in [-0.4, -0.2) is 5.91 Å². The van der Waals surface area contributed by atoms with Gasteiger partial charge >= 0.3 is 0 Å². The first kappa shape index (κ1) is 16.4. The molecule has 3 aromatic carbocycles. The second-order valence-electron chi connectivity index (χ2n) is 5.82. The summed E-state index contributed by atoms with van der Waals surface area (Å²) >= 11 is 0. The Morgan fingerprint density at radius 2 is 1.56 bits per heavy atom. The summed E-state index contributed by atoms with van der Waals surface area (Å²) < 4.78 is 0. The minimum Gasteiger partial charge on any atom is -0.399 e. The second kappa shape index (κ2) is 6.97. The lowest BCUT2D eigenvalue weighted by Crippen LogP contribution is -2.13. The third-order valence-corrected chi connectivity index (χ3v) is 3.89. The smallest absolute Gasteiger partial charge is 0.255 e. The van der Waals surface area contributed by atoms with E-state index in [9.17, 15) is 4.79 Å². The third-order valence-electron chi connectivity index (χ3n) is 3.89. The fraction of sp³-hybridized carbons (Fsp3) is 0.0500. The molecule has 5 nitrogen and oxygen atoms in total. The SMILES string of the molecule is Cc1ccccc1C(=O)Nc1ccc(Nc2ccc(N)cc2N)cc1. The van der Waals surface area contributed by atoms with Gasteiger partial charge < -0.3 is 22.1 Å². The summed E-state index contributed by atoms with van der Waals surface area (Å²) in [6.45, 7) is 1.92. The van der Waals surface area contributed by atoms with Gasteiger partial charge in [-0.2, -0.15) is 0 Å². The van der Waals surface area contributed by atoms with Gasteiger partial charge in [0.1, 0.15) is 0 Å². The minimum atomic E-state index is -0.124. The summed E-state index contributed by atoms with van der Waals surface area (Å²) in [6.07, 6.45) is 0.